The Hall–Kier alpha value is -0.940. The fourth-order valence-corrected chi connectivity index (χ4v) is 4.26. The molecule has 3 rings (SSSR count). The molecule has 2 saturated carbocycles. The maximum atomic E-state index is 10.0. The van der Waals surface area contributed by atoms with Crippen LogP contribution in [-0.4, -0.2) is 38.8 Å². The van der Waals surface area contributed by atoms with E-state index in [1.165, 1.54) is 19.3 Å². The van der Waals surface area contributed by atoms with Crippen LogP contribution in [-0.2, 0) is 6.54 Å². The molecule has 0 aromatic carbocycles. The first-order valence-corrected chi connectivity index (χ1v) is 7.34. The van der Waals surface area contributed by atoms with Gasteiger partial charge in [0, 0.05) is 18.8 Å². The Bertz CT molecular complexity index is 417. The van der Waals surface area contributed by atoms with E-state index >= 15 is 0 Å². The third-order valence-corrected chi connectivity index (χ3v) is 5.20. The molecule has 1 heterocycles. The minimum Gasteiger partial charge on any atom is -0.390 e. The van der Waals surface area contributed by atoms with Crippen molar-refractivity contribution in [3.63, 3.8) is 0 Å². The Balaban J connectivity index is 1.49. The maximum Gasteiger partial charge on any atom is 0.0860 e. The molecule has 19 heavy (non-hydrogen) atoms. The minimum absolute atomic E-state index is 0.383. The number of aromatic nitrogens is 3. The van der Waals surface area contributed by atoms with Crippen LogP contribution >= 0.6 is 0 Å². The molecule has 1 aromatic rings. The van der Waals surface area contributed by atoms with Crippen LogP contribution in [0.25, 0.3) is 0 Å². The number of aliphatic hydroxyl groups is 1. The van der Waals surface area contributed by atoms with Gasteiger partial charge in [-0.3, -0.25) is 0 Å². The Morgan fingerprint density at radius 2 is 2.32 bits per heavy atom. The zero-order chi connectivity index (χ0) is 13.5. The summed E-state index contributed by atoms with van der Waals surface area (Å²) in [6.45, 7) is 5.87. The van der Waals surface area contributed by atoms with E-state index in [-0.39, 0.29) is 0 Å². The molecule has 2 aliphatic rings. The first kappa shape index (κ1) is 13.1. The number of hydrogen-bond donors (Lipinski definition) is 2. The molecule has 1 aromatic heterocycles. The fourth-order valence-electron chi connectivity index (χ4n) is 4.26. The predicted octanol–water partition coefficient (Wildman–Crippen LogP) is 1.05. The summed E-state index contributed by atoms with van der Waals surface area (Å²) in [6.07, 6.45) is 7.13. The summed E-state index contributed by atoms with van der Waals surface area (Å²) in [7, 11) is 0. The number of fused-ring (bicyclic) bond motifs is 1. The van der Waals surface area contributed by atoms with Gasteiger partial charge in [0.25, 0.3) is 0 Å². The number of rotatable bonds is 5. The van der Waals surface area contributed by atoms with E-state index in [4.69, 9.17) is 0 Å². The second kappa shape index (κ2) is 4.87. The van der Waals surface area contributed by atoms with Crippen molar-refractivity contribution in [3.05, 3.63) is 12.4 Å². The lowest BCUT2D eigenvalue weighted by molar-refractivity contribution is -0.0457. The summed E-state index contributed by atoms with van der Waals surface area (Å²) in [5, 5.41) is 21.3. The lowest BCUT2D eigenvalue weighted by Crippen LogP contribution is -2.63. The predicted molar refractivity (Wildman–Crippen MR) is 72.4 cm³/mol. The monoisotopic (exact) mass is 264 g/mol. The lowest BCUT2D eigenvalue weighted by atomic mass is 9.53. The van der Waals surface area contributed by atoms with Crippen LogP contribution in [0.1, 0.15) is 33.1 Å². The van der Waals surface area contributed by atoms with Gasteiger partial charge in [-0.05, 0) is 30.1 Å². The highest BCUT2D eigenvalue weighted by Crippen LogP contribution is 2.58. The summed E-state index contributed by atoms with van der Waals surface area (Å²) < 4.78 is 1.68. The van der Waals surface area contributed by atoms with E-state index < -0.39 is 6.10 Å². The summed E-state index contributed by atoms with van der Waals surface area (Å²) >= 11 is 0. The summed E-state index contributed by atoms with van der Waals surface area (Å²) in [4.78, 5) is 0. The molecule has 0 spiro atoms. The third-order valence-electron chi connectivity index (χ3n) is 5.20. The van der Waals surface area contributed by atoms with Gasteiger partial charge in [-0.2, -0.15) is 0 Å². The standard InChI is InChI=1S/C14H24N4O/c1-14(2)12-5-3-4-11(12)13(14)15-8-10(19)9-18-7-6-16-17-18/h6-7,10-13,15,19H,3-5,8-9H2,1-2H3/t10?,11-,12+,13?/m1/s1. The molecule has 0 saturated heterocycles. The van der Waals surface area contributed by atoms with Gasteiger partial charge in [0.05, 0.1) is 18.8 Å². The van der Waals surface area contributed by atoms with Crippen LogP contribution in [0.3, 0.4) is 0 Å². The lowest BCUT2D eigenvalue weighted by Gasteiger charge is -2.56. The van der Waals surface area contributed by atoms with Crippen LogP contribution in [0.15, 0.2) is 12.4 Å². The van der Waals surface area contributed by atoms with E-state index in [1.807, 2.05) is 0 Å². The quantitative estimate of drug-likeness (QED) is 0.834. The van der Waals surface area contributed by atoms with Gasteiger partial charge < -0.3 is 10.4 Å². The average Bonchev–Trinajstić information content (AvgIpc) is 2.98. The summed E-state index contributed by atoms with van der Waals surface area (Å²) in [6, 6.07) is 0.561. The van der Waals surface area contributed by atoms with Crippen LogP contribution in [0.2, 0.25) is 0 Å². The molecule has 0 aliphatic heterocycles. The van der Waals surface area contributed by atoms with Crippen molar-refractivity contribution in [2.24, 2.45) is 17.3 Å². The van der Waals surface area contributed by atoms with Crippen LogP contribution in [0.4, 0.5) is 0 Å². The topological polar surface area (TPSA) is 63.0 Å². The molecule has 2 unspecified atom stereocenters. The van der Waals surface area contributed by atoms with Gasteiger partial charge in [0.15, 0.2) is 0 Å². The maximum absolute atomic E-state index is 10.0. The molecule has 106 valence electrons. The second-order valence-electron chi connectivity index (χ2n) is 6.69. The number of aliphatic hydroxyl groups excluding tert-OH is 1. The van der Waals surface area contributed by atoms with Crippen molar-refractivity contribution < 1.29 is 5.11 Å². The number of nitrogens with one attached hydrogen (secondary N) is 1. The van der Waals surface area contributed by atoms with E-state index in [0.29, 0.717) is 24.5 Å². The second-order valence-corrected chi connectivity index (χ2v) is 6.69. The molecule has 2 fully saturated rings. The van der Waals surface area contributed by atoms with Crippen molar-refractivity contribution >= 4 is 0 Å². The van der Waals surface area contributed by atoms with Crippen molar-refractivity contribution in [3.8, 4) is 0 Å². The van der Waals surface area contributed by atoms with Crippen LogP contribution in [0, 0.1) is 17.3 Å². The first-order chi connectivity index (χ1) is 9.09. The Morgan fingerprint density at radius 3 is 3.05 bits per heavy atom. The van der Waals surface area contributed by atoms with Crippen molar-refractivity contribution in [2.75, 3.05) is 6.54 Å². The van der Waals surface area contributed by atoms with E-state index in [0.717, 1.165) is 11.8 Å². The van der Waals surface area contributed by atoms with Crippen molar-refractivity contribution in [2.45, 2.75) is 51.8 Å². The highest BCUT2D eigenvalue weighted by Gasteiger charge is 2.57. The molecule has 5 heteroatoms. The summed E-state index contributed by atoms with van der Waals surface area (Å²) in [5.74, 6) is 1.71. The van der Waals surface area contributed by atoms with Gasteiger partial charge in [-0.1, -0.05) is 25.5 Å². The Morgan fingerprint density at radius 1 is 1.47 bits per heavy atom. The zero-order valence-corrected chi connectivity index (χ0v) is 11.8. The molecular weight excluding hydrogens is 240 g/mol. The highest BCUT2D eigenvalue weighted by molar-refractivity contribution is 5.10. The molecule has 2 aliphatic carbocycles. The van der Waals surface area contributed by atoms with E-state index in [9.17, 15) is 5.11 Å². The normalized spacial score (nSPS) is 33.7. The Kier molecular flexibility index (Phi) is 3.35. The SMILES string of the molecule is CC1(C)C(NCC(O)Cn2ccnn2)[C@@H]2CCC[C@@H]21. The van der Waals surface area contributed by atoms with E-state index in [1.54, 1.807) is 17.1 Å². The molecule has 0 bridgehead atoms. The molecular formula is C14H24N4O. The molecule has 4 atom stereocenters. The van der Waals surface area contributed by atoms with E-state index in [2.05, 4.69) is 29.5 Å². The summed E-state index contributed by atoms with van der Waals surface area (Å²) in [5.41, 5.74) is 0.383. The average molecular weight is 264 g/mol. The minimum atomic E-state index is -0.405. The third kappa shape index (κ3) is 2.30. The largest absolute Gasteiger partial charge is 0.390 e. The number of hydrogen-bond acceptors (Lipinski definition) is 4. The van der Waals surface area contributed by atoms with Gasteiger partial charge >= 0.3 is 0 Å². The van der Waals surface area contributed by atoms with Crippen LogP contribution < -0.4 is 5.32 Å². The molecule has 0 radical (unpaired) electrons. The molecule has 5 nitrogen and oxygen atoms in total. The molecule has 0 amide bonds. The van der Waals surface area contributed by atoms with Crippen molar-refractivity contribution in [1.82, 2.24) is 20.3 Å². The zero-order valence-electron chi connectivity index (χ0n) is 11.8. The first-order valence-electron chi connectivity index (χ1n) is 7.34. The van der Waals surface area contributed by atoms with Gasteiger partial charge in [-0.25, -0.2) is 4.68 Å². The molecule has 2 N–H and O–H groups in total. The van der Waals surface area contributed by atoms with Gasteiger partial charge in [0.1, 0.15) is 0 Å². The fraction of sp³-hybridized carbons (Fsp3) is 0.857. The van der Waals surface area contributed by atoms with Gasteiger partial charge in [-0.15, -0.1) is 5.10 Å². The number of nitrogens with zero attached hydrogens (tertiary/aromatic N) is 3. The van der Waals surface area contributed by atoms with Gasteiger partial charge in [0.2, 0.25) is 0 Å². The smallest absolute Gasteiger partial charge is 0.0860 e. The Labute approximate surface area is 114 Å². The van der Waals surface area contributed by atoms with Crippen molar-refractivity contribution in [1.29, 1.82) is 0 Å². The highest BCUT2D eigenvalue weighted by atomic mass is 16.3. The van der Waals surface area contributed by atoms with Crippen LogP contribution in [0.5, 0.6) is 0 Å².